The van der Waals surface area contributed by atoms with Gasteiger partial charge >= 0.3 is 11.7 Å². The van der Waals surface area contributed by atoms with Crippen LogP contribution in [-0.4, -0.2) is 31.9 Å². The van der Waals surface area contributed by atoms with E-state index in [0.29, 0.717) is 32.3 Å². The van der Waals surface area contributed by atoms with Gasteiger partial charge in [0, 0.05) is 22.0 Å². The molecular weight excluding hydrogens is 636 g/mol. The van der Waals surface area contributed by atoms with E-state index in [1.807, 2.05) is 19.9 Å². The summed E-state index contributed by atoms with van der Waals surface area (Å²) >= 11 is 6.72. The highest BCUT2D eigenvalue weighted by molar-refractivity contribution is 9.10. The van der Waals surface area contributed by atoms with Crippen molar-refractivity contribution in [3.8, 4) is 5.75 Å². The molecule has 1 heterocycles. The number of hydrogen-bond acceptors (Lipinski definition) is 7. The maximum absolute atomic E-state index is 13.3. The lowest BCUT2D eigenvalue weighted by Crippen LogP contribution is -2.23. The van der Waals surface area contributed by atoms with Crippen LogP contribution in [0.5, 0.6) is 5.75 Å². The average Bonchev–Trinajstić information content (AvgIpc) is 2.91. The number of nitro benzene ring substituents is 1. The summed E-state index contributed by atoms with van der Waals surface area (Å²) in [5, 5.41) is 25.8. The first-order valence-electron chi connectivity index (χ1n) is 11.8. The molecule has 1 atom stereocenters. The van der Waals surface area contributed by atoms with Crippen molar-refractivity contribution in [3.63, 3.8) is 0 Å². The predicted molar refractivity (Wildman–Crippen MR) is 154 cm³/mol. The van der Waals surface area contributed by atoms with Gasteiger partial charge in [0.25, 0.3) is 5.56 Å². The van der Waals surface area contributed by atoms with Crippen molar-refractivity contribution in [2.24, 2.45) is 5.10 Å². The summed E-state index contributed by atoms with van der Waals surface area (Å²) in [5.74, 6) is -0.699. The van der Waals surface area contributed by atoms with Crippen LogP contribution in [0, 0.1) is 10.1 Å². The van der Waals surface area contributed by atoms with Crippen LogP contribution in [-0.2, 0) is 6.61 Å². The topological polar surface area (TPSA) is 137 Å². The van der Waals surface area contributed by atoms with E-state index >= 15 is 0 Å². The second kappa shape index (κ2) is 11.9. The van der Waals surface area contributed by atoms with Crippen LogP contribution >= 0.6 is 31.9 Å². The molecule has 0 unspecified atom stereocenters. The number of nitro groups is 1. The van der Waals surface area contributed by atoms with Gasteiger partial charge in [0.1, 0.15) is 12.4 Å². The Bertz CT molecular complexity index is 1690. The van der Waals surface area contributed by atoms with Crippen molar-refractivity contribution in [1.29, 1.82) is 0 Å². The highest BCUT2D eigenvalue weighted by Crippen LogP contribution is 2.36. The summed E-state index contributed by atoms with van der Waals surface area (Å²) in [6.07, 6.45) is 2.08. The monoisotopic (exact) mass is 656 g/mol. The second-order valence-electron chi connectivity index (χ2n) is 8.70. The van der Waals surface area contributed by atoms with E-state index in [4.69, 9.17) is 4.74 Å². The number of carbonyl (C=O) groups is 1. The van der Waals surface area contributed by atoms with Gasteiger partial charge in [-0.3, -0.25) is 14.9 Å². The number of rotatable bonds is 9. The van der Waals surface area contributed by atoms with E-state index in [1.54, 1.807) is 30.3 Å². The summed E-state index contributed by atoms with van der Waals surface area (Å²) < 4.78 is 7.96. The standard InChI is InChI=1S/C27H22Br2N4O6/c1-3-15(2)25-31-22-8-7-19(28)12-20(22)26(34)32(25)30-13-17-10-21(29)24(23(11-17)33(37)38)39-14-16-5-4-6-18(9-16)27(35)36/h4-13,15H,3,14H2,1-2H3,(H,35,36)/t15-/m0/s1. The molecule has 1 aromatic heterocycles. The Labute approximate surface area is 239 Å². The number of benzene rings is 3. The van der Waals surface area contributed by atoms with Crippen molar-refractivity contribution < 1.29 is 19.6 Å². The van der Waals surface area contributed by atoms with Gasteiger partial charge in [0.05, 0.1) is 32.1 Å². The lowest BCUT2D eigenvalue weighted by Gasteiger charge is -2.14. The molecule has 0 bridgehead atoms. The zero-order valence-corrected chi connectivity index (χ0v) is 24.0. The molecule has 0 aliphatic rings. The Balaban J connectivity index is 1.71. The lowest BCUT2D eigenvalue weighted by atomic mass is 10.1. The summed E-state index contributed by atoms with van der Waals surface area (Å²) in [7, 11) is 0. The van der Waals surface area contributed by atoms with Gasteiger partial charge in [-0.15, -0.1) is 0 Å². The Kier molecular flexibility index (Phi) is 8.56. The molecule has 3 aromatic carbocycles. The number of carboxylic acids is 1. The highest BCUT2D eigenvalue weighted by Gasteiger charge is 2.21. The Morgan fingerprint density at radius 1 is 1.23 bits per heavy atom. The molecule has 0 saturated heterocycles. The van der Waals surface area contributed by atoms with Crippen molar-refractivity contribution in [1.82, 2.24) is 9.66 Å². The predicted octanol–water partition coefficient (Wildman–Crippen LogP) is 6.50. The first-order valence-corrected chi connectivity index (χ1v) is 13.4. The molecule has 4 rings (SSSR count). The molecule has 0 radical (unpaired) electrons. The first-order chi connectivity index (χ1) is 18.6. The molecule has 10 nitrogen and oxygen atoms in total. The van der Waals surface area contributed by atoms with Crippen LogP contribution < -0.4 is 10.3 Å². The normalized spacial score (nSPS) is 12.1. The SMILES string of the molecule is CC[C@H](C)c1nc2ccc(Br)cc2c(=O)n1N=Cc1cc(Br)c(OCc2cccc(C(=O)O)c2)c([N+](=O)[O-])c1. The zero-order chi connectivity index (χ0) is 28.3. The Morgan fingerprint density at radius 3 is 2.69 bits per heavy atom. The molecule has 0 aliphatic carbocycles. The fourth-order valence-corrected chi connectivity index (χ4v) is 4.75. The van der Waals surface area contributed by atoms with Crippen molar-refractivity contribution in [2.75, 3.05) is 0 Å². The van der Waals surface area contributed by atoms with Crippen LogP contribution in [0.3, 0.4) is 0 Å². The molecule has 39 heavy (non-hydrogen) atoms. The average molecular weight is 658 g/mol. The van der Waals surface area contributed by atoms with E-state index in [2.05, 4.69) is 41.9 Å². The molecule has 4 aromatic rings. The number of carboxylic acid groups (broad SMARTS) is 1. The van der Waals surface area contributed by atoms with E-state index in [-0.39, 0.29) is 35.1 Å². The maximum Gasteiger partial charge on any atom is 0.335 e. The number of nitrogens with zero attached hydrogens (tertiary/aromatic N) is 4. The fraction of sp³-hybridized carbons (Fsp3) is 0.185. The molecule has 0 aliphatic heterocycles. The van der Waals surface area contributed by atoms with Crippen molar-refractivity contribution >= 4 is 60.6 Å². The molecule has 200 valence electrons. The van der Waals surface area contributed by atoms with Crippen LogP contribution in [0.25, 0.3) is 10.9 Å². The molecule has 0 spiro atoms. The number of halogens is 2. The number of ether oxygens (including phenoxy) is 1. The Hall–Kier alpha value is -3.90. The van der Waals surface area contributed by atoms with Crippen LogP contribution in [0.2, 0.25) is 0 Å². The molecular formula is C27H22Br2N4O6. The lowest BCUT2D eigenvalue weighted by molar-refractivity contribution is -0.386. The van der Waals surface area contributed by atoms with Crippen LogP contribution in [0.4, 0.5) is 5.69 Å². The third-order valence-electron chi connectivity index (χ3n) is 6.01. The van der Waals surface area contributed by atoms with Gasteiger partial charge < -0.3 is 9.84 Å². The minimum Gasteiger partial charge on any atom is -0.481 e. The van der Waals surface area contributed by atoms with Gasteiger partial charge in [-0.2, -0.15) is 9.78 Å². The van der Waals surface area contributed by atoms with E-state index < -0.39 is 10.9 Å². The van der Waals surface area contributed by atoms with Crippen LogP contribution in [0.1, 0.15) is 53.5 Å². The summed E-state index contributed by atoms with van der Waals surface area (Å²) in [4.78, 5) is 40.5. The minimum atomic E-state index is -1.09. The second-order valence-corrected chi connectivity index (χ2v) is 10.5. The molecule has 0 saturated carbocycles. The summed E-state index contributed by atoms with van der Waals surface area (Å²) in [6, 6.07) is 14.2. The van der Waals surface area contributed by atoms with Crippen molar-refractivity contribution in [3.05, 3.63) is 107 Å². The third-order valence-corrected chi connectivity index (χ3v) is 7.09. The van der Waals surface area contributed by atoms with E-state index in [0.717, 1.165) is 10.9 Å². The molecule has 1 N–H and O–H groups in total. The number of aromatic nitrogens is 2. The number of aromatic carboxylic acids is 1. The first kappa shape index (κ1) is 28.1. The Morgan fingerprint density at radius 2 is 2.00 bits per heavy atom. The number of fused-ring (bicyclic) bond motifs is 1. The molecule has 0 amide bonds. The quantitative estimate of drug-likeness (QED) is 0.123. The largest absolute Gasteiger partial charge is 0.481 e. The van der Waals surface area contributed by atoms with Gasteiger partial charge in [-0.1, -0.05) is 41.9 Å². The minimum absolute atomic E-state index is 0.0208. The third kappa shape index (κ3) is 6.23. The van der Waals surface area contributed by atoms with E-state index in [1.165, 1.54) is 29.1 Å². The van der Waals surface area contributed by atoms with Crippen molar-refractivity contribution in [2.45, 2.75) is 32.8 Å². The fourth-order valence-electron chi connectivity index (χ4n) is 3.81. The summed E-state index contributed by atoms with van der Waals surface area (Å²) in [5.41, 5.74) is 0.844. The molecule has 12 heteroatoms. The van der Waals surface area contributed by atoms with Gasteiger partial charge in [0.15, 0.2) is 0 Å². The maximum atomic E-state index is 13.3. The molecule has 0 fully saturated rings. The zero-order valence-electron chi connectivity index (χ0n) is 20.8. The number of hydrogen-bond donors (Lipinski definition) is 1. The van der Waals surface area contributed by atoms with E-state index in [9.17, 15) is 24.8 Å². The van der Waals surface area contributed by atoms with Gasteiger partial charge in [0.2, 0.25) is 5.75 Å². The summed E-state index contributed by atoms with van der Waals surface area (Å²) in [6.45, 7) is 3.84. The van der Waals surface area contributed by atoms with Gasteiger partial charge in [-0.25, -0.2) is 9.78 Å². The highest BCUT2D eigenvalue weighted by atomic mass is 79.9. The smallest absolute Gasteiger partial charge is 0.335 e. The van der Waals surface area contributed by atoms with Crippen LogP contribution in [0.15, 0.2) is 73.4 Å². The van der Waals surface area contributed by atoms with Gasteiger partial charge in [-0.05, 0) is 64.3 Å².